The molecule has 8 heteroatoms. The van der Waals surface area contributed by atoms with Gasteiger partial charge in [0.2, 0.25) is 5.91 Å². The zero-order valence-electron chi connectivity index (χ0n) is 16.4. The third kappa shape index (κ3) is 6.75. The van der Waals surface area contributed by atoms with Crippen molar-refractivity contribution >= 4 is 17.8 Å². The zero-order valence-corrected chi connectivity index (χ0v) is 16.4. The Bertz CT molecular complexity index is 685. The molecule has 1 saturated carbocycles. The number of nitrogens with one attached hydrogen (secondary N) is 2. The summed E-state index contributed by atoms with van der Waals surface area (Å²) in [4.78, 5) is 35.6. The van der Waals surface area contributed by atoms with Gasteiger partial charge in [-0.05, 0) is 31.0 Å². The minimum atomic E-state index is -0.541. The number of amides is 2. The van der Waals surface area contributed by atoms with E-state index in [2.05, 4.69) is 15.4 Å². The van der Waals surface area contributed by atoms with E-state index in [1.807, 2.05) is 0 Å². The van der Waals surface area contributed by atoms with Crippen molar-refractivity contribution in [2.45, 2.75) is 44.6 Å². The van der Waals surface area contributed by atoms with Gasteiger partial charge in [-0.25, -0.2) is 4.79 Å². The summed E-state index contributed by atoms with van der Waals surface area (Å²) in [5.74, 6) is -0.274. The fraction of sp³-hybridized carbons (Fsp3) is 0.550. The molecule has 1 aromatic rings. The predicted molar refractivity (Wildman–Crippen MR) is 102 cm³/mol. The van der Waals surface area contributed by atoms with E-state index in [9.17, 15) is 14.4 Å². The maximum atomic E-state index is 12.3. The van der Waals surface area contributed by atoms with Crippen LogP contribution in [0.4, 0.5) is 0 Å². The first-order chi connectivity index (χ1) is 13.5. The smallest absolute Gasteiger partial charge is 0.343 e. The van der Waals surface area contributed by atoms with E-state index >= 15 is 0 Å². The average molecular weight is 392 g/mol. The molecule has 1 aliphatic carbocycles. The maximum absolute atomic E-state index is 12.3. The number of rotatable bonds is 9. The minimum Gasteiger partial charge on any atom is -0.493 e. The summed E-state index contributed by atoms with van der Waals surface area (Å²) in [6, 6.07) is 4.91. The van der Waals surface area contributed by atoms with Crippen LogP contribution in [0.25, 0.3) is 0 Å². The molecule has 1 aromatic carbocycles. The molecule has 2 N–H and O–H groups in total. The molecule has 0 aliphatic heterocycles. The van der Waals surface area contributed by atoms with Gasteiger partial charge in [-0.3, -0.25) is 9.59 Å². The molecule has 0 spiro atoms. The first-order valence-corrected chi connectivity index (χ1v) is 9.48. The van der Waals surface area contributed by atoms with Crippen LogP contribution in [0.1, 0.15) is 48.9 Å². The van der Waals surface area contributed by atoms with Crippen LogP contribution in [-0.4, -0.2) is 51.2 Å². The van der Waals surface area contributed by atoms with Crippen LogP contribution in [0.3, 0.4) is 0 Å². The summed E-state index contributed by atoms with van der Waals surface area (Å²) in [7, 11) is 2.72. The molecule has 8 nitrogen and oxygen atoms in total. The molecular formula is C20H28N2O6. The van der Waals surface area contributed by atoms with E-state index in [1.165, 1.54) is 26.7 Å². The van der Waals surface area contributed by atoms with Crippen LogP contribution < -0.4 is 20.1 Å². The normalized spacial score (nSPS) is 14.1. The Kier molecular flexibility index (Phi) is 8.58. The van der Waals surface area contributed by atoms with Gasteiger partial charge in [0.25, 0.3) is 5.91 Å². The lowest BCUT2D eigenvalue weighted by Crippen LogP contribution is -2.38. The van der Waals surface area contributed by atoms with Crippen molar-refractivity contribution < 1.29 is 28.6 Å². The van der Waals surface area contributed by atoms with E-state index in [4.69, 9.17) is 9.47 Å². The molecule has 2 rings (SSSR count). The number of esters is 1. The van der Waals surface area contributed by atoms with Gasteiger partial charge in [0.15, 0.2) is 18.1 Å². The molecule has 0 bridgehead atoms. The number of hydrogen-bond donors (Lipinski definition) is 2. The van der Waals surface area contributed by atoms with Gasteiger partial charge in [-0.1, -0.05) is 19.3 Å². The third-order valence-electron chi connectivity index (χ3n) is 4.61. The van der Waals surface area contributed by atoms with Crippen molar-refractivity contribution in [2.24, 2.45) is 0 Å². The van der Waals surface area contributed by atoms with Gasteiger partial charge in [0.1, 0.15) is 0 Å². The Hall–Kier alpha value is -2.77. The second kappa shape index (κ2) is 11.2. The highest BCUT2D eigenvalue weighted by Gasteiger charge is 2.16. The standard InChI is InChI=1S/C20H28N2O6/c1-26-16-9-8-14(12-17(16)28-13-19(24)27-2)20(25)21-11-10-18(23)22-15-6-4-3-5-7-15/h8-9,12,15H,3-7,10-11,13H2,1-2H3,(H,21,25)(H,22,23). The minimum absolute atomic E-state index is 0.0518. The van der Waals surface area contributed by atoms with Crippen LogP contribution in [0.15, 0.2) is 18.2 Å². The molecule has 0 radical (unpaired) electrons. The molecule has 0 aromatic heterocycles. The molecule has 0 heterocycles. The lowest BCUT2D eigenvalue weighted by atomic mass is 9.95. The number of carbonyl (C=O) groups excluding carboxylic acids is 3. The van der Waals surface area contributed by atoms with Crippen LogP contribution >= 0.6 is 0 Å². The van der Waals surface area contributed by atoms with E-state index in [0.29, 0.717) is 11.3 Å². The van der Waals surface area contributed by atoms with E-state index in [1.54, 1.807) is 12.1 Å². The van der Waals surface area contributed by atoms with Gasteiger partial charge in [-0.15, -0.1) is 0 Å². The summed E-state index contributed by atoms with van der Waals surface area (Å²) in [5, 5.41) is 5.74. The Morgan fingerprint density at radius 2 is 1.82 bits per heavy atom. The summed E-state index contributed by atoms with van der Waals surface area (Å²) in [6.07, 6.45) is 5.81. The van der Waals surface area contributed by atoms with Crippen molar-refractivity contribution in [2.75, 3.05) is 27.4 Å². The number of hydrogen-bond acceptors (Lipinski definition) is 6. The Balaban J connectivity index is 1.83. The van der Waals surface area contributed by atoms with Crippen LogP contribution in [0.5, 0.6) is 11.5 Å². The Morgan fingerprint density at radius 3 is 2.50 bits per heavy atom. The lowest BCUT2D eigenvalue weighted by Gasteiger charge is -2.22. The summed E-state index contributed by atoms with van der Waals surface area (Å²) in [6.45, 7) is -0.0545. The summed E-state index contributed by atoms with van der Waals surface area (Å²) >= 11 is 0. The van der Waals surface area contributed by atoms with Gasteiger partial charge in [0.05, 0.1) is 14.2 Å². The van der Waals surface area contributed by atoms with Gasteiger partial charge < -0.3 is 24.8 Å². The number of carbonyl (C=O) groups is 3. The number of ether oxygens (including phenoxy) is 3. The fourth-order valence-electron chi connectivity index (χ4n) is 3.06. The van der Waals surface area contributed by atoms with Crippen molar-refractivity contribution in [3.05, 3.63) is 23.8 Å². The second-order valence-electron chi connectivity index (χ2n) is 6.64. The number of methoxy groups -OCH3 is 2. The third-order valence-corrected chi connectivity index (χ3v) is 4.61. The predicted octanol–water partition coefficient (Wildman–Crippen LogP) is 1.82. The van der Waals surface area contributed by atoms with Crippen molar-refractivity contribution in [1.82, 2.24) is 10.6 Å². The van der Waals surface area contributed by atoms with Crippen molar-refractivity contribution in [1.29, 1.82) is 0 Å². The largest absolute Gasteiger partial charge is 0.493 e. The van der Waals surface area contributed by atoms with Crippen LogP contribution in [0, 0.1) is 0 Å². The molecule has 0 atom stereocenters. The molecular weight excluding hydrogens is 364 g/mol. The highest BCUT2D eigenvalue weighted by atomic mass is 16.6. The Morgan fingerprint density at radius 1 is 1.07 bits per heavy atom. The zero-order chi connectivity index (χ0) is 20.4. The number of benzene rings is 1. The first kappa shape index (κ1) is 21.5. The Labute approximate surface area is 164 Å². The highest BCUT2D eigenvalue weighted by Crippen LogP contribution is 2.28. The van der Waals surface area contributed by atoms with Crippen LogP contribution in [-0.2, 0) is 14.3 Å². The van der Waals surface area contributed by atoms with Gasteiger partial charge >= 0.3 is 5.97 Å². The molecule has 1 fully saturated rings. The fourth-order valence-corrected chi connectivity index (χ4v) is 3.06. The molecule has 28 heavy (non-hydrogen) atoms. The van der Waals surface area contributed by atoms with E-state index in [-0.39, 0.29) is 43.2 Å². The van der Waals surface area contributed by atoms with Crippen molar-refractivity contribution in [3.63, 3.8) is 0 Å². The second-order valence-corrected chi connectivity index (χ2v) is 6.64. The topological polar surface area (TPSA) is 103 Å². The maximum Gasteiger partial charge on any atom is 0.343 e. The highest BCUT2D eigenvalue weighted by molar-refractivity contribution is 5.95. The van der Waals surface area contributed by atoms with Gasteiger partial charge in [0, 0.05) is 24.6 Å². The van der Waals surface area contributed by atoms with E-state index < -0.39 is 5.97 Å². The van der Waals surface area contributed by atoms with Gasteiger partial charge in [-0.2, -0.15) is 0 Å². The molecule has 1 aliphatic rings. The van der Waals surface area contributed by atoms with Crippen LogP contribution in [0.2, 0.25) is 0 Å². The molecule has 154 valence electrons. The first-order valence-electron chi connectivity index (χ1n) is 9.48. The molecule has 0 saturated heterocycles. The van der Waals surface area contributed by atoms with E-state index in [0.717, 1.165) is 25.7 Å². The quantitative estimate of drug-likeness (QED) is 0.622. The SMILES string of the molecule is COC(=O)COc1cc(C(=O)NCCC(=O)NC2CCCCC2)ccc1OC. The van der Waals surface area contributed by atoms with Crippen molar-refractivity contribution in [3.8, 4) is 11.5 Å². The summed E-state index contributed by atoms with van der Waals surface area (Å²) in [5.41, 5.74) is 0.341. The summed E-state index contributed by atoms with van der Waals surface area (Å²) < 4.78 is 15.1. The lowest BCUT2D eigenvalue weighted by molar-refractivity contribution is -0.142. The monoisotopic (exact) mass is 392 g/mol. The molecule has 0 unspecified atom stereocenters. The molecule has 2 amide bonds. The average Bonchev–Trinajstić information content (AvgIpc) is 2.72.